The van der Waals surface area contributed by atoms with Gasteiger partial charge in [0.25, 0.3) is 0 Å². The van der Waals surface area contributed by atoms with Crippen molar-refractivity contribution in [2.75, 3.05) is 49.2 Å². The number of carbonyl (C=O) groups is 4. The first kappa shape index (κ1) is 47.2. The number of ether oxygens (including phenoxy) is 2. The number of benzene rings is 2. The fourth-order valence-electron chi connectivity index (χ4n) is 6.49. The Morgan fingerprint density at radius 3 is 1.40 bits per heavy atom. The standard InChI is InChI=1S/C22H24N4O5S.C21H22N4O5S/c1-3-9-31-22(28)19-10-17(11-23)20(24-15(19)2)26-12-18(13-26)21(27)25-32(29,30)14-16-7-5-4-6-8-16;1-3-30-21(27)18-9-16(10-22)19(23-14(18)2)25-11-17(12-25)20(26)24-31(28,29)13-15-7-5-4-6-8-15/h4-8,10,18H,3,9,12-14H2,1-2H3,(H,25,27);4-9,17H,3,11-13H2,1-2H3,(H,24,26). The number of nitrogens with zero attached hydrogens (tertiary/aromatic N) is 6. The molecule has 2 aliphatic heterocycles. The number of anilines is 2. The third-order valence-electron chi connectivity index (χ3n) is 9.79. The van der Waals surface area contributed by atoms with Crippen LogP contribution >= 0.6 is 0 Å². The molecule has 4 heterocycles. The summed E-state index contributed by atoms with van der Waals surface area (Å²) in [5.41, 5.74) is 2.80. The first-order valence-electron chi connectivity index (χ1n) is 19.8. The fourth-order valence-corrected chi connectivity index (χ4v) is 8.85. The Morgan fingerprint density at radius 1 is 0.667 bits per heavy atom. The molecule has 0 radical (unpaired) electrons. The Hall–Kier alpha value is -6.90. The predicted octanol–water partition coefficient (Wildman–Crippen LogP) is 3.43. The Kier molecular flexibility index (Phi) is 15.6. The average molecular weight is 899 g/mol. The van der Waals surface area contributed by atoms with Gasteiger partial charge in [-0.05, 0) is 50.5 Å². The molecule has 2 N–H and O–H groups in total. The monoisotopic (exact) mass is 898 g/mol. The predicted molar refractivity (Wildman–Crippen MR) is 230 cm³/mol. The summed E-state index contributed by atoms with van der Waals surface area (Å²) in [4.78, 5) is 61.1. The Balaban J connectivity index is 0.000000238. The van der Waals surface area contributed by atoms with Crippen molar-refractivity contribution in [2.24, 2.45) is 11.8 Å². The maximum Gasteiger partial charge on any atom is 0.340 e. The maximum absolute atomic E-state index is 12.4. The number of rotatable bonds is 15. The molecule has 18 nitrogen and oxygen atoms in total. The third kappa shape index (κ3) is 12.4. The van der Waals surface area contributed by atoms with E-state index in [9.17, 15) is 46.5 Å². The Labute approximate surface area is 365 Å². The topological polar surface area (TPSA) is 259 Å². The zero-order valence-corrected chi connectivity index (χ0v) is 36.7. The molecule has 4 aromatic rings. The highest BCUT2D eigenvalue weighted by Gasteiger charge is 2.38. The van der Waals surface area contributed by atoms with E-state index in [0.717, 1.165) is 0 Å². The van der Waals surface area contributed by atoms with Crippen molar-refractivity contribution in [1.82, 2.24) is 19.4 Å². The van der Waals surface area contributed by atoms with Crippen molar-refractivity contribution in [1.29, 1.82) is 10.5 Å². The number of nitrogens with one attached hydrogen (secondary N) is 2. The number of hydrogen-bond donors (Lipinski definition) is 2. The second-order valence-electron chi connectivity index (χ2n) is 14.7. The average Bonchev–Trinajstić information content (AvgIpc) is 3.19. The van der Waals surface area contributed by atoms with Crippen LogP contribution in [0.3, 0.4) is 0 Å². The second kappa shape index (κ2) is 20.8. The minimum Gasteiger partial charge on any atom is -0.462 e. The van der Waals surface area contributed by atoms with Crippen LogP contribution in [0, 0.1) is 48.3 Å². The lowest BCUT2D eigenvalue weighted by molar-refractivity contribution is -0.124. The van der Waals surface area contributed by atoms with Gasteiger partial charge >= 0.3 is 11.9 Å². The van der Waals surface area contributed by atoms with Gasteiger partial charge in [0.1, 0.15) is 23.8 Å². The van der Waals surface area contributed by atoms with E-state index in [2.05, 4.69) is 19.4 Å². The van der Waals surface area contributed by atoms with Gasteiger partial charge in [0.05, 0.1) is 70.2 Å². The van der Waals surface area contributed by atoms with Gasteiger partial charge in [-0.3, -0.25) is 19.0 Å². The number of nitriles is 2. The molecule has 0 saturated carbocycles. The summed E-state index contributed by atoms with van der Waals surface area (Å²) >= 11 is 0. The lowest BCUT2D eigenvalue weighted by Gasteiger charge is -2.39. The SMILES string of the molecule is CCCOC(=O)c1cc(C#N)c(N2CC(C(=O)NS(=O)(=O)Cc3ccccc3)C2)nc1C.CCOC(=O)c1cc(C#N)c(N2CC(C(=O)NS(=O)(=O)Cc3ccccc3)C2)nc1C. The van der Waals surface area contributed by atoms with E-state index in [1.54, 1.807) is 91.2 Å². The number of esters is 2. The van der Waals surface area contributed by atoms with Gasteiger partial charge in [-0.15, -0.1) is 0 Å². The van der Waals surface area contributed by atoms with E-state index >= 15 is 0 Å². The van der Waals surface area contributed by atoms with Gasteiger partial charge < -0.3 is 19.3 Å². The molecular formula is C43H46N8O10S2. The van der Waals surface area contributed by atoms with Crippen molar-refractivity contribution in [2.45, 2.75) is 45.6 Å². The zero-order valence-electron chi connectivity index (χ0n) is 35.0. The summed E-state index contributed by atoms with van der Waals surface area (Å²) in [7, 11) is -7.63. The smallest absolute Gasteiger partial charge is 0.340 e. The quantitative estimate of drug-likeness (QED) is 0.162. The summed E-state index contributed by atoms with van der Waals surface area (Å²) in [6, 6.07) is 24.1. The molecule has 0 atom stereocenters. The van der Waals surface area contributed by atoms with Crippen molar-refractivity contribution in [3.8, 4) is 12.1 Å². The Morgan fingerprint density at radius 2 is 1.05 bits per heavy atom. The van der Waals surface area contributed by atoms with E-state index in [1.807, 2.05) is 19.1 Å². The molecule has 0 bridgehead atoms. The van der Waals surface area contributed by atoms with Crippen molar-refractivity contribution in [3.63, 3.8) is 0 Å². The van der Waals surface area contributed by atoms with Gasteiger partial charge in [-0.1, -0.05) is 67.6 Å². The zero-order chi connectivity index (χ0) is 45.9. The fraction of sp³-hybridized carbons (Fsp3) is 0.349. The normalized spacial score (nSPS) is 13.7. The summed E-state index contributed by atoms with van der Waals surface area (Å²) in [5.74, 6) is -3.25. The third-order valence-corrected chi connectivity index (χ3v) is 12.2. The van der Waals surface area contributed by atoms with Crippen LogP contribution in [0.4, 0.5) is 11.6 Å². The molecule has 2 fully saturated rings. The highest BCUT2D eigenvalue weighted by Crippen LogP contribution is 2.30. The van der Waals surface area contributed by atoms with Crippen LogP contribution < -0.4 is 19.2 Å². The van der Waals surface area contributed by atoms with Crippen molar-refractivity contribution in [3.05, 3.63) is 118 Å². The van der Waals surface area contributed by atoms with E-state index in [1.165, 1.54) is 12.1 Å². The highest BCUT2D eigenvalue weighted by atomic mass is 32.2. The molecular weight excluding hydrogens is 853 g/mol. The van der Waals surface area contributed by atoms with Crippen LogP contribution in [-0.4, -0.2) is 89.9 Å². The van der Waals surface area contributed by atoms with Crippen LogP contribution in [0.1, 0.15) is 74.6 Å². The van der Waals surface area contributed by atoms with Crippen LogP contribution in [0.25, 0.3) is 0 Å². The number of carbonyl (C=O) groups excluding carboxylic acids is 4. The molecule has 2 aromatic carbocycles. The van der Waals surface area contributed by atoms with Crippen molar-refractivity contribution < 1.29 is 45.5 Å². The number of pyridine rings is 2. The maximum atomic E-state index is 12.4. The summed E-state index contributed by atoms with van der Waals surface area (Å²) < 4.78 is 63.4. The molecule has 0 unspecified atom stereocenters. The lowest BCUT2D eigenvalue weighted by Crippen LogP contribution is -2.55. The lowest BCUT2D eigenvalue weighted by atomic mass is 9.98. The number of aromatic nitrogens is 2. The first-order valence-corrected chi connectivity index (χ1v) is 23.1. The van der Waals surface area contributed by atoms with Gasteiger partial charge in [0, 0.05) is 26.2 Å². The molecule has 6 rings (SSSR count). The molecule has 20 heteroatoms. The van der Waals surface area contributed by atoms with Crippen LogP contribution in [0.2, 0.25) is 0 Å². The molecule has 63 heavy (non-hydrogen) atoms. The molecule has 2 aliphatic rings. The van der Waals surface area contributed by atoms with Gasteiger partial charge in [0.2, 0.25) is 31.9 Å². The summed E-state index contributed by atoms with van der Waals surface area (Å²) in [6.45, 7) is 8.19. The van der Waals surface area contributed by atoms with Gasteiger partial charge in [-0.2, -0.15) is 10.5 Å². The van der Waals surface area contributed by atoms with Crippen LogP contribution in [0.5, 0.6) is 0 Å². The molecule has 2 aromatic heterocycles. The van der Waals surface area contributed by atoms with Crippen LogP contribution in [0.15, 0.2) is 72.8 Å². The number of sulfonamides is 2. The number of aryl methyl sites for hydroxylation is 2. The highest BCUT2D eigenvalue weighted by molar-refractivity contribution is 7.89. The Bertz CT molecular complexity index is 2660. The molecule has 0 spiro atoms. The van der Waals surface area contributed by atoms with E-state index in [-0.39, 0.29) is 73.2 Å². The number of amides is 2. The van der Waals surface area contributed by atoms with Gasteiger partial charge in [-0.25, -0.2) is 36.4 Å². The summed E-state index contributed by atoms with van der Waals surface area (Å²) in [5, 5.41) is 19.0. The second-order valence-corrected chi connectivity index (χ2v) is 18.1. The molecule has 0 aliphatic carbocycles. The van der Waals surface area contributed by atoms with Crippen LogP contribution in [-0.2, 0) is 50.6 Å². The first-order chi connectivity index (χ1) is 30.0. The van der Waals surface area contributed by atoms with E-state index in [0.29, 0.717) is 40.6 Å². The molecule has 330 valence electrons. The van der Waals surface area contributed by atoms with E-state index in [4.69, 9.17) is 9.47 Å². The van der Waals surface area contributed by atoms with Gasteiger partial charge in [0.15, 0.2) is 0 Å². The van der Waals surface area contributed by atoms with E-state index < -0.39 is 55.6 Å². The minimum atomic E-state index is -3.82. The van der Waals surface area contributed by atoms with Crippen molar-refractivity contribution >= 4 is 55.4 Å². The minimum absolute atomic E-state index is 0.184. The molecule has 2 saturated heterocycles. The largest absolute Gasteiger partial charge is 0.462 e. The number of hydrogen-bond acceptors (Lipinski definition) is 16. The molecule has 2 amide bonds. The summed E-state index contributed by atoms with van der Waals surface area (Å²) in [6.07, 6.45) is 0.680.